The Morgan fingerprint density at radius 2 is 1.11 bits per heavy atom. The number of hydrogen-bond acceptors (Lipinski definition) is 10. The molecular weight excluding hydrogens is 472 g/mol. The summed E-state index contributed by atoms with van der Waals surface area (Å²) in [5.41, 5.74) is 0. The molecule has 1 aliphatic heterocycles. The molecule has 0 aromatic heterocycles. The lowest BCUT2D eigenvalue weighted by Gasteiger charge is -2.43. The lowest BCUT2D eigenvalue weighted by atomic mass is 9.97. The summed E-state index contributed by atoms with van der Waals surface area (Å²) in [5, 5.41) is 10.7. The second-order valence-electron chi connectivity index (χ2n) is 9.88. The molecule has 0 spiro atoms. The van der Waals surface area contributed by atoms with Crippen LogP contribution in [0.3, 0.4) is 0 Å². The zero-order valence-corrected chi connectivity index (χ0v) is 22.7. The van der Waals surface area contributed by atoms with E-state index in [1.54, 1.807) is 0 Å². The molecule has 1 heterocycles. The summed E-state index contributed by atoms with van der Waals surface area (Å²) in [4.78, 5) is 49.5. The van der Waals surface area contributed by atoms with E-state index >= 15 is 0 Å². The number of esters is 4. The van der Waals surface area contributed by atoms with Crippen molar-refractivity contribution in [1.29, 1.82) is 0 Å². The lowest BCUT2D eigenvalue weighted by molar-refractivity contribution is -0.297. The Labute approximate surface area is 214 Å². The van der Waals surface area contributed by atoms with Crippen LogP contribution < -0.4 is 0 Å². The predicted molar refractivity (Wildman–Crippen MR) is 129 cm³/mol. The van der Waals surface area contributed by atoms with Crippen LogP contribution >= 0.6 is 0 Å². The summed E-state index contributed by atoms with van der Waals surface area (Å²) >= 11 is 0. The van der Waals surface area contributed by atoms with E-state index in [9.17, 15) is 24.3 Å². The minimum Gasteiger partial charge on any atom is -0.463 e. The van der Waals surface area contributed by atoms with Gasteiger partial charge < -0.3 is 28.8 Å². The zero-order valence-electron chi connectivity index (χ0n) is 22.7. The molecule has 10 heteroatoms. The number of ether oxygens (including phenoxy) is 5. The molecule has 208 valence electrons. The SMILES string of the molecule is CC[C@H](C)CC(=O)O[C@@H]1[C@@H](OC(=O)C[C@@H](C)CC)[C@@H](O)O[C@H](COC(C)=O)[C@H]1OC(=O)C[C@@H](C)CC. The van der Waals surface area contributed by atoms with E-state index in [1.807, 2.05) is 41.5 Å². The highest BCUT2D eigenvalue weighted by Crippen LogP contribution is 2.30. The molecule has 1 saturated heterocycles. The molecule has 0 amide bonds. The first-order valence-electron chi connectivity index (χ1n) is 13.0. The van der Waals surface area contributed by atoms with Gasteiger partial charge in [0.15, 0.2) is 24.6 Å². The number of carbonyl (C=O) groups is 4. The molecule has 10 nitrogen and oxygen atoms in total. The summed E-state index contributed by atoms with van der Waals surface area (Å²) in [6.45, 7) is 12.3. The first-order valence-corrected chi connectivity index (χ1v) is 13.0. The standard InChI is InChI=1S/C26H44O10/c1-8-15(4)11-20(28)34-23-19(14-32-18(7)27)33-26(31)25(36-22(30)13-17(6)10-3)24(23)35-21(29)12-16(5)9-2/h15-17,19,23-26,31H,8-14H2,1-7H3/t15-,16-,17-,19+,23+,24-,25+,26-/m0/s1. The van der Waals surface area contributed by atoms with E-state index in [2.05, 4.69) is 0 Å². The summed E-state index contributed by atoms with van der Waals surface area (Å²) in [6.07, 6.45) is -4.41. The van der Waals surface area contributed by atoms with Crippen molar-refractivity contribution in [2.24, 2.45) is 17.8 Å². The third-order valence-corrected chi connectivity index (χ3v) is 6.50. The van der Waals surface area contributed by atoms with Gasteiger partial charge in [-0.1, -0.05) is 60.8 Å². The van der Waals surface area contributed by atoms with Crippen molar-refractivity contribution in [2.75, 3.05) is 6.61 Å². The second-order valence-corrected chi connectivity index (χ2v) is 9.88. The third kappa shape index (κ3) is 10.8. The maximum atomic E-state index is 12.8. The number of aliphatic hydroxyl groups excluding tert-OH is 1. The Bertz CT molecular complexity index is 724. The Balaban J connectivity index is 3.30. The predicted octanol–water partition coefficient (Wildman–Crippen LogP) is 3.31. The van der Waals surface area contributed by atoms with Crippen molar-refractivity contribution in [3.63, 3.8) is 0 Å². The van der Waals surface area contributed by atoms with Gasteiger partial charge in [0.2, 0.25) is 0 Å². The van der Waals surface area contributed by atoms with Gasteiger partial charge in [0.05, 0.1) is 0 Å². The molecule has 0 aromatic rings. The van der Waals surface area contributed by atoms with Crippen LogP contribution in [0.5, 0.6) is 0 Å². The van der Waals surface area contributed by atoms with Gasteiger partial charge in [0, 0.05) is 26.2 Å². The molecule has 0 unspecified atom stereocenters. The molecule has 1 fully saturated rings. The molecule has 0 radical (unpaired) electrons. The van der Waals surface area contributed by atoms with Crippen molar-refractivity contribution >= 4 is 23.9 Å². The molecule has 1 rings (SSSR count). The van der Waals surface area contributed by atoms with Crippen LogP contribution in [0.2, 0.25) is 0 Å². The van der Waals surface area contributed by atoms with Crippen LogP contribution in [0.1, 0.15) is 87.0 Å². The molecule has 0 aliphatic carbocycles. The summed E-state index contributed by atoms with van der Waals surface area (Å²) < 4.78 is 27.5. The molecular formula is C26H44O10. The van der Waals surface area contributed by atoms with Crippen molar-refractivity contribution in [3.05, 3.63) is 0 Å². The number of hydrogen-bond donors (Lipinski definition) is 1. The Kier molecular flexibility index (Phi) is 14.0. The first kappa shape index (κ1) is 31.8. The topological polar surface area (TPSA) is 135 Å². The average Bonchev–Trinajstić information content (AvgIpc) is 2.81. The fourth-order valence-electron chi connectivity index (χ4n) is 3.52. The van der Waals surface area contributed by atoms with Gasteiger partial charge in [-0.15, -0.1) is 0 Å². The quantitative estimate of drug-likeness (QED) is 0.271. The van der Waals surface area contributed by atoms with Gasteiger partial charge >= 0.3 is 23.9 Å². The smallest absolute Gasteiger partial charge is 0.306 e. The normalized spacial score (nSPS) is 26.3. The number of aliphatic hydroxyl groups is 1. The van der Waals surface area contributed by atoms with Gasteiger partial charge in [-0.3, -0.25) is 19.2 Å². The summed E-state index contributed by atoms with van der Waals surface area (Å²) in [7, 11) is 0. The van der Waals surface area contributed by atoms with E-state index in [4.69, 9.17) is 23.7 Å². The van der Waals surface area contributed by atoms with Gasteiger partial charge in [-0.05, 0) is 17.8 Å². The lowest BCUT2D eigenvalue weighted by Crippen LogP contribution is -2.62. The van der Waals surface area contributed by atoms with Crippen LogP contribution in [0.4, 0.5) is 0 Å². The molecule has 8 atom stereocenters. The molecule has 0 bridgehead atoms. The molecule has 36 heavy (non-hydrogen) atoms. The van der Waals surface area contributed by atoms with Crippen molar-refractivity contribution in [1.82, 2.24) is 0 Å². The van der Waals surface area contributed by atoms with Crippen LogP contribution in [-0.4, -0.2) is 66.3 Å². The maximum absolute atomic E-state index is 12.8. The average molecular weight is 517 g/mol. The molecule has 0 saturated carbocycles. The van der Waals surface area contributed by atoms with Crippen molar-refractivity contribution < 1.29 is 48.0 Å². The van der Waals surface area contributed by atoms with Crippen LogP contribution in [-0.2, 0) is 42.9 Å². The minimum absolute atomic E-state index is 0.0249. The van der Waals surface area contributed by atoms with Crippen LogP contribution in [0.15, 0.2) is 0 Å². The van der Waals surface area contributed by atoms with Gasteiger partial charge in [0.1, 0.15) is 12.7 Å². The number of carbonyl (C=O) groups excluding carboxylic acids is 4. The molecule has 1 aliphatic rings. The van der Waals surface area contributed by atoms with E-state index in [0.717, 1.165) is 19.3 Å². The van der Waals surface area contributed by atoms with Crippen molar-refractivity contribution in [2.45, 2.75) is 118 Å². The van der Waals surface area contributed by atoms with Gasteiger partial charge in [-0.25, -0.2) is 0 Å². The zero-order chi connectivity index (χ0) is 27.4. The Hall–Kier alpha value is -2.20. The van der Waals surface area contributed by atoms with E-state index in [0.29, 0.717) is 0 Å². The van der Waals surface area contributed by atoms with E-state index < -0.39 is 54.6 Å². The highest BCUT2D eigenvalue weighted by atomic mass is 16.7. The highest BCUT2D eigenvalue weighted by molar-refractivity contribution is 5.72. The van der Waals surface area contributed by atoms with E-state index in [1.165, 1.54) is 6.92 Å². The third-order valence-electron chi connectivity index (χ3n) is 6.50. The maximum Gasteiger partial charge on any atom is 0.306 e. The van der Waals surface area contributed by atoms with Crippen LogP contribution in [0.25, 0.3) is 0 Å². The van der Waals surface area contributed by atoms with Gasteiger partial charge in [0.25, 0.3) is 0 Å². The summed E-state index contributed by atoms with van der Waals surface area (Å²) in [5.74, 6) is -2.29. The Morgan fingerprint density at radius 1 is 0.722 bits per heavy atom. The number of rotatable bonds is 14. The summed E-state index contributed by atoms with van der Waals surface area (Å²) in [6, 6.07) is 0. The van der Waals surface area contributed by atoms with E-state index in [-0.39, 0.29) is 43.6 Å². The van der Waals surface area contributed by atoms with Crippen LogP contribution in [0, 0.1) is 17.8 Å². The van der Waals surface area contributed by atoms with Crippen molar-refractivity contribution in [3.8, 4) is 0 Å². The fourth-order valence-corrected chi connectivity index (χ4v) is 3.52. The fraction of sp³-hybridized carbons (Fsp3) is 0.846. The molecule has 1 N–H and O–H groups in total. The molecule has 0 aromatic carbocycles. The first-order chi connectivity index (χ1) is 16.9. The monoisotopic (exact) mass is 516 g/mol. The largest absolute Gasteiger partial charge is 0.463 e. The minimum atomic E-state index is -1.70. The Morgan fingerprint density at radius 3 is 1.50 bits per heavy atom. The second kappa shape index (κ2) is 15.8. The highest BCUT2D eigenvalue weighted by Gasteiger charge is 2.52. The van der Waals surface area contributed by atoms with Gasteiger partial charge in [-0.2, -0.15) is 0 Å².